The Bertz CT molecular complexity index is 187. The van der Waals surface area contributed by atoms with Crippen LogP contribution in [0.1, 0.15) is 33.1 Å². The zero-order chi connectivity index (χ0) is 10.4. The maximum atomic E-state index is 11.5. The van der Waals surface area contributed by atoms with Gasteiger partial charge in [-0.15, -0.1) is 0 Å². The van der Waals surface area contributed by atoms with Crippen molar-refractivity contribution in [2.45, 2.75) is 33.1 Å². The SMILES string of the molecule is CCCC(CC)C(=O)C(=O)N(C)C. The molecule has 13 heavy (non-hydrogen) atoms. The molecule has 1 amide bonds. The number of Topliss-reactive ketones (excluding diaryl/α,β-unsaturated/α-hetero) is 1. The highest BCUT2D eigenvalue weighted by molar-refractivity contribution is 6.36. The second-order valence-electron chi connectivity index (χ2n) is 3.46. The molecule has 0 bridgehead atoms. The first-order valence-corrected chi connectivity index (χ1v) is 4.80. The van der Waals surface area contributed by atoms with Crippen LogP contribution < -0.4 is 0 Å². The number of likely N-dealkylation sites (N-methyl/N-ethyl adjacent to an activating group) is 1. The maximum absolute atomic E-state index is 11.5. The van der Waals surface area contributed by atoms with Gasteiger partial charge < -0.3 is 4.90 Å². The van der Waals surface area contributed by atoms with Crippen molar-refractivity contribution in [1.82, 2.24) is 4.90 Å². The van der Waals surface area contributed by atoms with Crippen molar-refractivity contribution in [2.24, 2.45) is 5.92 Å². The molecule has 0 aromatic carbocycles. The fraction of sp³-hybridized carbons (Fsp3) is 0.800. The third-order valence-electron chi connectivity index (χ3n) is 2.12. The minimum absolute atomic E-state index is 0.0834. The summed E-state index contributed by atoms with van der Waals surface area (Å²) in [6, 6.07) is 0. The van der Waals surface area contributed by atoms with E-state index in [0.717, 1.165) is 19.3 Å². The van der Waals surface area contributed by atoms with E-state index in [1.54, 1.807) is 14.1 Å². The molecular weight excluding hydrogens is 166 g/mol. The highest BCUT2D eigenvalue weighted by Gasteiger charge is 2.23. The number of hydrogen-bond acceptors (Lipinski definition) is 2. The minimum atomic E-state index is -0.375. The number of carbonyl (C=O) groups excluding carboxylic acids is 2. The second-order valence-corrected chi connectivity index (χ2v) is 3.46. The normalized spacial score (nSPS) is 12.3. The largest absolute Gasteiger partial charge is 0.342 e. The first-order valence-electron chi connectivity index (χ1n) is 4.80. The smallest absolute Gasteiger partial charge is 0.289 e. The summed E-state index contributed by atoms with van der Waals surface area (Å²) >= 11 is 0. The Balaban J connectivity index is 4.28. The van der Waals surface area contributed by atoms with Gasteiger partial charge in [0.1, 0.15) is 0 Å². The maximum Gasteiger partial charge on any atom is 0.289 e. The van der Waals surface area contributed by atoms with Gasteiger partial charge >= 0.3 is 0 Å². The van der Waals surface area contributed by atoms with Crippen LogP contribution in [0, 0.1) is 5.92 Å². The molecule has 76 valence electrons. The molecule has 0 aliphatic rings. The lowest BCUT2D eigenvalue weighted by atomic mass is 9.95. The van der Waals surface area contributed by atoms with Gasteiger partial charge in [0.25, 0.3) is 5.91 Å². The van der Waals surface area contributed by atoms with Crippen LogP contribution in [0.15, 0.2) is 0 Å². The lowest BCUT2D eigenvalue weighted by molar-refractivity contribution is -0.145. The summed E-state index contributed by atoms with van der Waals surface area (Å²) in [6.07, 6.45) is 2.52. The van der Waals surface area contributed by atoms with Crippen molar-refractivity contribution in [3.05, 3.63) is 0 Å². The Labute approximate surface area is 80.1 Å². The molecule has 0 aliphatic carbocycles. The summed E-state index contributed by atoms with van der Waals surface area (Å²) in [6.45, 7) is 3.97. The molecule has 0 spiro atoms. The van der Waals surface area contributed by atoms with Gasteiger partial charge in [-0.2, -0.15) is 0 Å². The average molecular weight is 185 g/mol. The zero-order valence-corrected chi connectivity index (χ0v) is 8.96. The van der Waals surface area contributed by atoms with Crippen molar-refractivity contribution in [2.75, 3.05) is 14.1 Å². The highest BCUT2D eigenvalue weighted by atomic mass is 16.2. The van der Waals surface area contributed by atoms with Gasteiger partial charge in [0, 0.05) is 20.0 Å². The van der Waals surface area contributed by atoms with E-state index in [-0.39, 0.29) is 17.6 Å². The molecule has 0 heterocycles. The van der Waals surface area contributed by atoms with Crippen LogP contribution in [0.4, 0.5) is 0 Å². The van der Waals surface area contributed by atoms with Crippen LogP contribution in [0.2, 0.25) is 0 Å². The molecule has 1 unspecified atom stereocenters. The molecule has 3 heteroatoms. The van der Waals surface area contributed by atoms with Crippen molar-refractivity contribution in [1.29, 1.82) is 0 Å². The van der Waals surface area contributed by atoms with Gasteiger partial charge in [0.15, 0.2) is 0 Å². The number of rotatable bonds is 5. The highest BCUT2D eigenvalue weighted by Crippen LogP contribution is 2.12. The number of nitrogens with zero attached hydrogens (tertiary/aromatic N) is 1. The van der Waals surface area contributed by atoms with Gasteiger partial charge in [0.2, 0.25) is 5.78 Å². The molecule has 0 aliphatic heterocycles. The fourth-order valence-corrected chi connectivity index (χ4v) is 1.26. The van der Waals surface area contributed by atoms with Crippen molar-refractivity contribution in [3.63, 3.8) is 0 Å². The van der Waals surface area contributed by atoms with Crippen LogP contribution in [0.5, 0.6) is 0 Å². The number of amides is 1. The summed E-state index contributed by atoms with van der Waals surface area (Å²) < 4.78 is 0. The molecule has 1 atom stereocenters. The Morgan fingerprint density at radius 2 is 1.77 bits per heavy atom. The second kappa shape index (κ2) is 5.73. The lowest BCUT2D eigenvalue weighted by Crippen LogP contribution is -2.34. The monoisotopic (exact) mass is 185 g/mol. The van der Waals surface area contributed by atoms with E-state index in [1.807, 2.05) is 13.8 Å². The van der Waals surface area contributed by atoms with Gasteiger partial charge in [-0.05, 0) is 12.8 Å². The molecule has 0 aromatic rings. The molecule has 0 saturated carbocycles. The molecule has 0 rings (SSSR count). The molecule has 0 aromatic heterocycles. The van der Waals surface area contributed by atoms with Crippen LogP contribution in [-0.2, 0) is 9.59 Å². The van der Waals surface area contributed by atoms with Crippen LogP contribution >= 0.6 is 0 Å². The van der Waals surface area contributed by atoms with Crippen molar-refractivity contribution < 1.29 is 9.59 Å². The molecular formula is C10H19NO2. The molecule has 0 saturated heterocycles. The topological polar surface area (TPSA) is 37.4 Å². The Morgan fingerprint density at radius 3 is 2.08 bits per heavy atom. The predicted molar refractivity (Wildman–Crippen MR) is 52.4 cm³/mol. The summed E-state index contributed by atoms with van der Waals surface area (Å²) in [4.78, 5) is 24.2. The van der Waals surface area contributed by atoms with E-state index in [9.17, 15) is 9.59 Å². The Hall–Kier alpha value is -0.860. The van der Waals surface area contributed by atoms with E-state index in [4.69, 9.17) is 0 Å². The summed E-state index contributed by atoms with van der Waals surface area (Å²) in [5.41, 5.74) is 0. The first-order chi connectivity index (χ1) is 6.04. The number of hydrogen-bond donors (Lipinski definition) is 0. The molecule has 3 nitrogen and oxygen atoms in total. The van der Waals surface area contributed by atoms with E-state index >= 15 is 0 Å². The molecule has 0 N–H and O–H groups in total. The van der Waals surface area contributed by atoms with E-state index in [2.05, 4.69) is 0 Å². The zero-order valence-electron chi connectivity index (χ0n) is 8.96. The van der Waals surface area contributed by atoms with E-state index in [1.165, 1.54) is 4.90 Å². The number of carbonyl (C=O) groups is 2. The van der Waals surface area contributed by atoms with Crippen molar-refractivity contribution >= 4 is 11.7 Å². The van der Waals surface area contributed by atoms with Gasteiger partial charge in [-0.1, -0.05) is 20.3 Å². The number of ketones is 1. The third kappa shape index (κ3) is 3.57. The summed E-state index contributed by atoms with van der Waals surface area (Å²) in [7, 11) is 3.22. The van der Waals surface area contributed by atoms with Gasteiger partial charge in [-0.25, -0.2) is 0 Å². The van der Waals surface area contributed by atoms with Gasteiger partial charge in [0.05, 0.1) is 0 Å². The Morgan fingerprint density at radius 1 is 1.23 bits per heavy atom. The summed E-state index contributed by atoms with van der Waals surface area (Å²) in [5.74, 6) is -0.699. The lowest BCUT2D eigenvalue weighted by Gasteiger charge is -2.15. The fourth-order valence-electron chi connectivity index (χ4n) is 1.26. The minimum Gasteiger partial charge on any atom is -0.342 e. The quantitative estimate of drug-likeness (QED) is 0.608. The van der Waals surface area contributed by atoms with E-state index in [0.29, 0.717) is 0 Å². The van der Waals surface area contributed by atoms with Crippen LogP contribution in [-0.4, -0.2) is 30.7 Å². The van der Waals surface area contributed by atoms with Gasteiger partial charge in [-0.3, -0.25) is 9.59 Å². The van der Waals surface area contributed by atoms with Crippen LogP contribution in [0.25, 0.3) is 0 Å². The van der Waals surface area contributed by atoms with Crippen molar-refractivity contribution in [3.8, 4) is 0 Å². The van der Waals surface area contributed by atoms with E-state index < -0.39 is 0 Å². The molecule has 0 fully saturated rings. The standard InChI is InChI=1S/C10H19NO2/c1-5-7-8(6-2)9(12)10(13)11(3)4/h8H,5-7H2,1-4H3. The predicted octanol–water partition coefficient (Wildman–Crippen LogP) is 1.47. The summed E-state index contributed by atoms with van der Waals surface area (Å²) in [5, 5.41) is 0. The molecule has 0 radical (unpaired) electrons. The average Bonchev–Trinajstić information content (AvgIpc) is 2.11. The Kier molecular flexibility index (Phi) is 5.35. The van der Waals surface area contributed by atoms with Crippen LogP contribution in [0.3, 0.4) is 0 Å². The first kappa shape index (κ1) is 12.1. The third-order valence-corrected chi connectivity index (χ3v) is 2.12.